The van der Waals surface area contributed by atoms with E-state index in [0.29, 0.717) is 53.3 Å². The van der Waals surface area contributed by atoms with Crippen LogP contribution in [0.2, 0.25) is 5.02 Å². The van der Waals surface area contributed by atoms with Crippen LogP contribution in [0.15, 0.2) is 79.1 Å². The molecule has 5 aromatic rings. The number of hydrogen-bond donors (Lipinski definition) is 4. The highest BCUT2D eigenvalue weighted by molar-refractivity contribution is 7.89. The Kier molecular flexibility index (Phi) is 11.9. The van der Waals surface area contributed by atoms with E-state index in [2.05, 4.69) is 64.1 Å². The number of carbonyl (C=O) groups excluding carboxylic acids is 2. The Morgan fingerprint density at radius 3 is 2.42 bits per heavy atom. The van der Waals surface area contributed by atoms with Gasteiger partial charge in [0.05, 0.1) is 36.5 Å². The third kappa shape index (κ3) is 9.41. The van der Waals surface area contributed by atoms with E-state index in [1.54, 1.807) is 19.2 Å². The second-order valence-corrected chi connectivity index (χ2v) is 17.6. The SMILES string of the molecule is COc1cc(N2CCC(N3CCN(CCc4ccc(NC5CCC(=O)NC5=O)cc4)CC3)CC2)ccc1Nc1ncc(Cl)c(Nc2cccc3ccn(S(C)(=O)=O)c23)n1. The van der Waals surface area contributed by atoms with Crippen LogP contribution >= 0.6 is 11.6 Å². The Morgan fingerprint density at radius 2 is 1.69 bits per heavy atom. The fraction of sp³-hybridized carbons (Fsp3) is 0.381. The number of nitrogens with zero attached hydrogens (tertiary/aromatic N) is 6. The van der Waals surface area contributed by atoms with E-state index in [1.807, 2.05) is 36.4 Å². The third-order valence-corrected chi connectivity index (χ3v) is 12.8. The van der Waals surface area contributed by atoms with E-state index in [9.17, 15) is 18.0 Å². The number of ether oxygens (including phenoxy) is 1. The lowest BCUT2D eigenvalue weighted by atomic mass is 10.0. The summed E-state index contributed by atoms with van der Waals surface area (Å²) in [6, 6.07) is 21.8. The molecule has 0 radical (unpaired) electrons. The zero-order valence-corrected chi connectivity index (χ0v) is 34.7. The van der Waals surface area contributed by atoms with Gasteiger partial charge in [-0.15, -0.1) is 0 Å². The van der Waals surface area contributed by atoms with Crippen molar-refractivity contribution in [3.05, 3.63) is 89.7 Å². The van der Waals surface area contributed by atoms with Crippen molar-refractivity contribution in [3.8, 4) is 5.75 Å². The van der Waals surface area contributed by atoms with Crippen LogP contribution < -0.4 is 30.9 Å². The number of aromatic nitrogens is 3. The highest BCUT2D eigenvalue weighted by Crippen LogP contribution is 2.35. The average Bonchev–Trinajstić information content (AvgIpc) is 3.70. The molecule has 3 aromatic carbocycles. The average molecular weight is 841 g/mol. The summed E-state index contributed by atoms with van der Waals surface area (Å²) in [4.78, 5) is 40.2. The van der Waals surface area contributed by atoms with Crippen molar-refractivity contribution in [2.45, 2.75) is 44.2 Å². The maximum atomic E-state index is 12.5. The normalized spacial score (nSPS) is 18.5. The number of hydrogen-bond acceptors (Lipinski definition) is 13. The van der Waals surface area contributed by atoms with E-state index >= 15 is 0 Å². The number of amides is 2. The lowest BCUT2D eigenvalue weighted by Gasteiger charge is -2.43. The van der Waals surface area contributed by atoms with Crippen molar-refractivity contribution in [1.82, 2.24) is 29.1 Å². The second kappa shape index (κ2) is 17.4. The molecule has 0 saturated carbocycles. The summed E-state index contributed by atoms with van der Waals surface area (Å²) in [6.07, 6.45) is 8.22. The largest absolute Gasteiger partial charge is 0.494 e. The van der Waals surface area contributed by atoms with Gasteiger partial charge in [-0.2, -0.15) is 4.98 Å². The van der Waals surface area contributed by atoms with E-state index in [0.717, 1.165) is 88.1 Å². The molecule has 1 atom stereocenters. The van der Waals surface area contributed by atoms with Crippen molar-refractivity contribution in [2.24, 2.45) is 0 Å². The first-order chi connectivity index (χ1) is 28.5. The molecule has 3 fully saturated rings. The first kappa shape index (κ1) is 40.4. The maximum absolute atomic E-state index is 12.5. The minimum absolute atomic E-state index is 0.207. The number of anilines is 6. The number of para-hydroxylation sites is 1. The molecule has 0 spiro atoms. The Balaban J connectivity index is 0.812. The van der Waals surface area contributed by atoms with Crippen LogP contribution in [0.1, 0.15) is 31.2 Å². The molecule has 5 heterocycles. The first-order valence-electron chi connectivity index (χ1n) is 20.0. The number of methoxy groups -OCH3 is 1. The number of nitrogens with one attached hydrogen (secondary N) is 4. The summed E-state index contributed by atoms with van der Waals surface area (Å²) in [6.45, 7) is 7.19. The van der Waals surface area contributed by atoms with Gasteiger partial charge in [0.1, 0.15) is 16.8 Å². The van der Waals surface area contributed by atoms with E-state index in [4.69, 9.17) is 16.3 Å². The summed E-state index contributed by atoms with van der Waals surface area (Å²) in [5.41, 5.74) is 4.99. The summed E-state index contributed by atoms with van der Waals surface area (Å²) in [7, 11) is -1.90. The molecule has 1 unspecified atom stereocenters. The van der Waals surface area contributed by atoms with Crippen molar-refractivity contribution >= 4 is 78.9 Å². The van der Waals surface area contributed by atoms with E-state index in [1.165, 1.54) is 21.9 Å². The van der Waals surface area contributed by atoms with E-state index < -0.39 is 10.0 Å². The molecule has 2 amide bonds. The summed E-state index contributed by atoms with van der Waals surface area (Å²) in [5.74, 6) is 0.810. The molecular weight excluding hydrogens is 792 g/mol. The predicted octanol–water partition coefficient (Wildman–Crippen LogP) is 5.43. The van der Waals surface area contributed by atoms with Crippen molar-refractivity contribution in [2.75, 3.05) is 80.0 Å². The van der Waals surface area contributed by atoms with Gasteiger partial charge in [0.2, 0.25) is 27.8 Å². The van der Waals surface area contributed by atoms with Crippen LogP contribution in [0.25, 0.3) is 10.9 Å². The van der Waals surface area contributed by atoms with Crippen LogP contribution in [0.3, 0.4) is 0 Å². The van der Waals surface area contributed by atoms with Crippen LogP contribution in [-0.2, 0) is 26.0 Å². The van der Waals surface area contributed by atoms with Crippen LogP contribution in [-0.4, -0.2) is 115 Å². The number of piperazine rings is 1. The van der Waals surface area contributed by atoms with Crippen LogP contribution in [0.4, 0.5) is 34.5 Å². The maximum Gasteiger partial charge on any atom is 0.249 e. The van der Waals surface area contributed by atoms with Crippen LogP contribution in [0.5, 0.6) is 5.75 Å². The molecule has 4 N–H and O–H groups in total. The molecule has 17 heteroatoms. The zero-order valence-electron chi connectivity index (χ0n) is 33.2. The van der Waals surface area contributed by atoms with Gasteiger partial charge in [0, 0.05) is 87.3 Å². The molecule has 2 aromatic heterocycles. The monoisotopic (exact) mass is 840 g/mol. The standard InChI is InChI=1S/C42H49ClN10O5S/c1-58-37-26-32(10-11-34(37)47-42-44-27-33(43)40(49-42)46-35-5-3-4-29-15-21-53(39(29)35)59(2,56)57)51-19-16-31(17-20-51)52-24-22-50(23-25-52)18-14-28-6-8-30(9-7-28)45-36-12-13-38(54)48-41(36)55/h3-11,15,21,26-27,31,36,45H,12-14,16-20,22-25H2,1-2H3,(H,48,54,55)(H2,44,46,47,49). The Labute approximate surface area is 349 Å². The zero-order chi connectivity index (χ0) is 41.1. The molecule has 15 nitrogen and oxygen atoms in total. The molecule has 3 saturated heterocycles. The molecule has 3 aliphatic heterocycles. The van der Waals surface area contributed by atoms with Gasteiger partial charge in [-0.1, -0.05) is 35.9 Å². The highest BCUT2D eigenvalue weighted by atomic mass is 35.5. The molecule has 59 heavy (non-hydrogen) atoms. The van der Waals surface area contributed by atoms with Gasteiger partial charge >= 0.3 is 0 Å². The van der Waals surface area contributed by atoms with Crippen molar-refractivity contribution in [3.63, 3.8) is 0 Å². The van der Waals surface area contributed by atoms with Gasteiger partial charge in [0.25, 0.3) is 0 Å². The fourth-order valence-corrected chi connectivity index (χ4v) is 9.17. The van der Waals surface area contributed by atoms with Gasteiger partial charge < -0.3 is 30.5 Å². The smallest absolute Gasteiger partial charge is 0.249 e. The Hall–Kier alpha value is -5.42. The number of rotatable bonds is 13. The summed E-state index contributed by atoms with van der Waals surface area (Å²) < 4.78 is 32.0. The third-order valence-electron chi connectivity index (χ3n) is 11.5. The molecule has 8 rings (SSSR count). The molecule has 3 aliphatic rings. The van der Waals surface area contributed by atoms with Crippen molar-refractivity contribution in [1.29, 1.82) is 0 Å². The molecule has 310 valence electrons. The fourth-order valence-electron chi connectivity index (χ4n) is 8.21. The Morgan fingerprint density at radius 1 is 0.915 bits per heavy atom. The molecular formula is C42H49ClN10O5S. The lowest BCUT2D eigenvalue weighted by Crippen LogP contribution is -2.53. The minimum Gasteiger partial charge on any atom is -0.494 e. The second-order valence-electron chi connectivity index (χ2n) is 15.3. The van der Waals surface area contributed by atoms with Gasteiger partial charge in [-0.3, -0.25) is 19.8 Å². The van der Waals surface area contributed by atoms with Gasteiger partial charge in [-0.25, -0.2) is 17.4 Å². The molecule has 0 aliphatic carbocycles. The predicted molar refractivity (Wildman–Crippen MR) is 232 cm³/mol. The number of carbonyl (C=O) groups is 2. The number of piperidine rings is 2. The Bertz CT molecular complexity index is 2430. The summed E-state index contributed by atoms with van der Waals surface area (Å²) >= 11 is 6.51. The van der Waals surface area contributed by atoms with Crippen molar-refractivity contribution < 1.29 is 22.7 Å². The minimum atomic E-state index is -3.54. The number of benzene rings is 3. The van der Waals surface area contributed by atoms with E-state index in [-0.39, 0.29) is 22.9 Å². The quantitative estimate of drug-likeness (QED) is 0.111. The van der Waals surface area contributed by atoms with Gasteiger partial charge in [0.15, 0.2) is 5.82 Å². The molecule has 0 bridgehead atoms. The highest BCUT2D eigenvalue weighted by Gasteiger charge is 2.29. The summed E-state index contributed by atoms with van der Waals surface area (Å²) in [5, 5.41) is 13.2. The number of halogens is 1. The first-order valence-corrected chi connectivity index (χ1v) is 22.2. The topological polar surface area (TPSA) is 166 Å². The number of imide groups is 1. The lowest BCUT2D eigenvalue weighted by molar-refractivity contribution is -0.133. The van der Waals surface area contributed by atoms with Gasteiger partial charge in [-0.05, 0) is 67.6 Å². The number of fused-ring (bicyclic) bond motifs is 1. The van der Waals surface area contributed by atoms with Crippen LogP contribution in [0, 0.1) is 0 Å².